The molecule has 0 radical (unpaired) electrons. The second-order valence-corrected chi connectivity index (χ2v) is 8.87. The van der Waals surface area contributed by atoms with Crippen molar-refractivity contribution in [3.05, 3.63) is 108 Å². The molecule has 0 aliphatic heterocycles. The number of benzene rings is 4. The number of hydrogen-bond acceptors (Lipinski definition) is 2. The summed E-state index contributed by atoms with van der Waals surface area (Å²) < 4.78 is 5.38. The van der Waals surface area contributed by atoms with E-state index in [1.165, 1.54) is 11.1 Å². The third kappa shape index (κ3) is 4.36. The van der Waals surface area contributed by atoms with Crippen LogP contribution in [0.5, 0.6) is 5.75 Å². The van der Waals surface area contributed by atoms with Crippen LogP contribution < -0.4 is 10.1 Å². The van der Waals surface area contributed by atoms with Gasteiger partial charge in [-0.2, -0.15) is 0 Å². The number of ether oxygens (including phenoxy) is 1. The third-order valence-corrected chi connectivity index (χ3v) is 7.01. The van der Waals surface area contributed by atoms with E-state index in [4.69, 9.17) is 4.74 Å². The van der Waals surface area contributed by atoms with Crippen LogP contribution in [0.2, 0.25) is 0 Å². The maximum absolute atomic E-state index is 13.8. The standard InChI is InChI=1S/C30H29NO2/c1-33-24-19-17-23(18-20-24)29-26(22-9-3-2-4-10-22)14-8-15-27(29)30(32)31-28-16-7-12-21-11-5-6-13-25(21)28/h2-7,9-13,16-20,26-27,29H,8,14-15H2,1H3,(H,31,32)/t26-,27-,29+/m0/s1. The van der Waals surface area contributed by atoms with E-state index in [0.717, 1.165) is 41.5 Å². The van der Waals surface area contributed by atoms with Gasteiger partial charge in [0.05, 0.1) is 7.11 Å². The molecule has 33 heavy (non-hydrogen) atoms. The lowest BCUT2D eigenvalue weighted by molar-refractivity contribution is -0.121. The average Bonchev–Trinajstić information content (AvgIpc) is 2.89. The molecule has 3 heteroatoms. The van der Waals surface area contributed by atoms with E-state index in [9.17, 15) is 4.79 Å². The molecule has 3 atom stereocenters. The predicted octanol–water partition coefficient (Wildman–Crippen LogP) is 7.15. The zero-order chi connectivity index (χ0) is 22.6. The first kappa shape index (κ1) is 21.3. The molecule has 5 rings (SSSR count). The molecule has 1 fully saturated rings. The molecule has 0 spiro atoms. The van der Waals surface area contributed by atoms with Gasteiger partial charge < -0.3 is 10.1 Å². The second-order valence-electron chi connectivity index (χ2n) is 8.87. The summed E-state index contributed by atoms with van der Waals surface area (Å²) >= 11 is 0. The number of rotatable bonds is 5. The molecular formula is C30H29NO2. The van der Waals surface area contributed by atoms with Crippen LogP contribution in [0, 0.1) is 5.92 Å². The zero-order valence-corrected chi connectivity index (χ0v) is 18.9. The van der Waals surface area contributed by atoms with Crippen molar-refractivity contribution in [1.82, 2.24) is 0 Å². The van der Waals surface area contributed by atoms with Gasteiger partial charge in [-0.25, -0.2) is 0 Å². The van der Waals surface area contributed by atoms with Crippen molar-refractivity contribution in [1.29, 1.82) is 0 Å². The van der Waals surface area contributed by atoms with Crippen molar-refractivity contribution >= 4 is 22.4 Å². The molecule has 4 aromatic rings. The molecule has 0 saturated heterocycles. The van der Waals surface area contributed by atoms with Gasteiger partial charge >= 0.3 is 0 Å². The number of nitrogens with one attached hydrogen (secondary N) is 1. The van der Waals surface area contributed by atoms with Crippen LogP contribution in [0.25, 0.3) is 10.8 Å². The molecule has 1 amide bonds. The molecule has 1 N–H and O–H groups in total. The Morgan fingerprint density at radius 1 is 0.788 bits per heavy atom. The maximum atomic E-state index is 13.8. The van der Waals surface area contributed by atoms with Crippen LogP contribution >= 0.6 is 0 Å². The number of hydrogen-bond donors (Lipinski definition) is 1. The van der Waals surface area contributed by atoms with Crippen molar-refractivity contribution in [2.24, 2.45) is 5.92 Å². The first-order valence-electron chi connectivity index (χ1n) is 11.7. The fourth-order valence-corrected chi connectivity index (χ4v) is 5.42. The number of carbonyl (C=O) groups excluding carboxylic acids is 1. The summed E-state index contributed by atoms with van der Waals surface area (Å²) in [7, 11) is 1.68. The van der Waals surface area contributed by atoms with E-state index in [1.54, 1.807) is 7.11 Å². The second kappa shape index (κ2) is 9.50. The van der Waals surface area contributed by atoms with Gasteiger partial charge in [-0.05, 0) is 53.5 Å². The molecule has 1 saturated carbocycles. The lowest BCUT2D eigenvalue weighted by Crippen LogP contribution is -2.34. The van der Waals surface area contributed by atoms with E-state index >= 15 is 0 Å². The van der Waals surface area contributed by atoms with Crippen molar-refractivity contribution in [2.45, 2.75) is 31.1 Å². The molecule has 0 heterocycles. The van der Waals surface area contributed by atoms with Crippen LogP contribution in [0.4, 0.5) is 5.69 Å². The Hall–Kier alpha value is -3.59. The van der Waals surface area contributed by atoms with Gasteiger partial charge in [0, 0.05) is 22.9 Å². The predicted molar refractivity (Wildman–Crippen MR) is 135 cm³/mol. The Morgan fingerprint density at radius 3 is 2.30 bits per heavy atom. The number of fused-ring (bicyclic) bond motifs is 1. The van der Waals surface area contributed by atoms with Gasteiger partial charge in [-0.1, -0.05) is 85.3 Å². The summed E-state index contributed by atoms with van der Waals surface area (Å²) in [5, 5.41) is 5.49. The third-order valence-electron chi connectivity index (χ3n) is 7.01. The molecule has 3 nitrogen and oxygen atoms in total. The summed E-state index contributed by atoms with van der Waals surface area (Å²) in [6, 6.07) is 33.2. The van der Waals surface area contributed by atoms with Gasteiger partial charge in [0.2, 0.25) is 5.91 Å². The van der Waals surface area contributed by atoms with Gasteiger partial charge in [-0.15, -0.1) is 0 Å². The first-order chi connectivity index (χ1) is 16.2. The largest absolute Gasteiger partial charge is 0.497 e. The van der Waals surface area contributed by atoms with Crippen molar-refractivity contribution in [3.63, 3.8) is 0 Å². The fraction of sp³-hybridized carbons (Fsp3) is 0.233. The summed E-state index contributed by atoms with van der Waals surface area (Å²) in [5.74, 6) is 1.25. The number of anilines is 1. The van der Waals surface area contributed by atoms with Crippen LogP contribution in [-0.2, 0) is 4.79 Å². The lowest BCUT2D eigenvalue weighted by atomic mass is 9.66. The van der Waals surface area contributed by atoms with Crippen LogP contribution in [-0.4, -0.2) is 13.0 Å². The lowest BCUT2D eigenvalue weighted by Gasteiger charge is -2.38. The first-order valence-corrected chi connectivity index (χ1v) is 11.7. The molecular weight excluding hydrogens is 406 g/mol. The van der Waals surface area contributed by atoms with Crippen molar-refractivity contribution < 1.29 is 9.53 Å². The minimum Gasteiger partial charge on any atom is -0.497 e. The Labute approximate surface area is 195 Å². The van der Waals surface area contributed by atoms with Gasteiger partial charge in [0.25, 0.3) is 0 Å². The molecule has 1 aliphatic carbocycles. The monoisotopic (exact) mass is 435 g/mol. The van der Waals surface area contributed by atoms with Crippen molar-refractivity contribution in [2.75, 3.05) is 12.4 Å². The zero-order valence-electron chi connectivity index (χ0n) is 18.9. The van der Waals surface area contributed by atoms with Gasteiger partial charge in [-0.3, -0.25) is 4.79 Å². The summed E-state index contributed by atoms with van der Waals surface area (Å²) in [6.07, 6.45) is 3.01. The van der Waals surface area contributed by atoms with E-state index < -0.39 is 0 Å². The summed E-state index contributed by atoms with van der Waals surface area (Å²) in [6.45, 7) is 0. The molecule has 1 aliphatic rings. The number of methoxy groups -OCH3 is 1. The van der Waals surface area contributed by atoms with Crippen LogP contribution in [0.3, 0.4) is 0 Å². The van der Waals surface area contributed by atoms with E-state index in [1.807, 2.05) is 36.4 Å². The Kier molecular flexibility index (Phi) is 6.12. The Balaban J connectivity index is 1.51. The van der Waals surface area contributed by atoms with E-state index in [2.05, 4.69) is 66.0 Å². The van der Waals surface area contributed by atoms with Crippen molar-refractivity contribution in [3.8, 4) is 5.75 Å². The Bertz CT molecular complexity index is 1230. The number of amides is 1. The minimum absolute atomic E-state index is 0.101. The van der Waals surface area contributed by atoms with Crippen LogP contribution in [0.15, 0.2) is 97.1 Å². The highest BCUT2D eigenvalue weighted by Crippen LogP contribution is 2.48. The van der Waals surface area contributed by atoms with Gasteiger partial charge in [0.1, 0.15) is 5.75 Å². The fourth-order valence-electron chi connectivity index (χ4n) is 5.42. The summed E-state index contributed by atoms with van der Waals surface area (Å²) in [4.78, 5) is 13.8. The van der Waals surface area contributed by atoms with E-state index in [0.29, 0.717) is 5.92 Å². The molecule has 0 unspecified atom stereocenters. The highest BCUT2D eigenvalue weighted by Gasteiger charge is 2.39. The molecule has 0 bridgehead atoms. The van der Waals surface area contributed by atoms with Crippen LogP contribution in [0.1, 0.15) is 42.2 Å². The topological polar surface area (TPSA) is 38.3 Å². The minimum atomic E-state index is -0.101. The molecule has 0 aromatic heterocycles. The SMILES string of the molecule is COc1ccc([C@H]2[C@@H](C(=O)Nc3cccc4ccccc34)CCC[C@H]2c2ccccc2)cc1. The Morgan fingerprint density at radius 2 is 1.52 bits per heavy atom. The average molecular weight is 436 g/mol. The molecule has 166 valence electrons. The highest BCUT2D eigenvalue weighted by molar-refractivity contribution is 6.03. The summed E-state index contributed by atoms with van der Waals surface area (Å²) in [5.41, 5.74) is 3.39. The number of carbonyl (C=O) groups is 1. The highest BCUT2D eigenvalue weighted by atomic mass is 16.5. The smallest absolute Gasteiger partial charge is 0.228 e. The quantitative estimate of drug-likeness (QED) is 0.361. The molecule has 4 aromatic carbocycles. The van der Waals surface area contributed by atoms with Gasteiger partial charge in [0.15, 0.2) is 0 Å². The maximum Gasteiger partial charge on any atom is 0.228 e. The van der Waals surface area contributed by atoms with E-state index in [-0.39, 0.29) is 17.7 Å². The normalized spacial score (nSPS) is 20.3.